The Labute approximate surface area is 188 Å². The lowest BCUT2D eigenvalue weighted by Gasteiger charge is -2.20. The third kappa shape index (κ3) is 4.21. The number of benzene rings is 3. The zero-order valence-corrected chi connectivity index (χ0v) is 18.3. The molecule has 0 saturated heterocycles. The van der Waals surface area contributed by atoms with E-state index in [9.17, 15) is 15.0 Å². The van der Waals surface area contributed by atoms with E-state index in [1.165, 1.54) is 0 Å². The lowest BCUT2D eigenvalue weighted by Crippen LogP contribution is -2.36. The fraction of sp³-hybridized carbons (Fsp3) is 0.208. The van der Waals surface area contributed by atoms with Gasteiger partial charge in [-0.15, -0.1) is 0 Å². The smallest absolute Gasteiger partial charge is 0.407 e. The predicted molar refractivity (Wildman–Crippen MR) is 123 cm³/mol. The van der Waals surface area contributed by atoms with Crippen molar-refractivity contribution in [3.8, 4) is 11.1 Å². The van der Waals surface area contributed by atoms with Gasteiger partial charge < -0.3 is 20.3 Å². The van der Waals surface area contributed by atoms with Gasteiger partial charge in [0.25, 0.3) is 0 Å². The lowest BCUT2D eigenvalue weighted by molar-refractivity contribution is 0.0181. The van der Waals surface area contributed by atoms with Gasteiger partial charge in [0.05, 0.1) is 0 Å². The van der Waals surface area contributed by atoms with Crippen molar-refractivity contribution in [1.82, 2.24) is 5.32 Å². The van der Waals surface area contributed by atoms with Crippen LogP contribution in [0.1, 0.15) is 28.7 Å². The van der Waals surface area contributed by atoms with Gasteiger partial charge in [0.1, 0.15) is 18.8 Å². The first-order valence-corrected chi connectivity index (χ1v) is 10.8. The minimum atomic E-state index is -1.14. The van der Waals surface area contributed by atoms with Gasteiger partial charge >= 0.3 is 6.09 Å². The maximum atomic E-state index is 12.2. The van der Waals surface area contributed by atoms with Gasteiger partial charge in [-0.1, -0.05) is 66.7 Å². The Morgan fingerprint density at radius 3 is 2.13 bits per heavy atom. The molecule has 0 aliphatic heterocycles. The summed E-state index contributed by atoms with van der Waals surface area (Å²) < 4.78 is 6.30. The van der Waals surface area contributed by atoms with Crippen LogP contribution in [0.2, 0.25) is 0 Å². The molecule has 0 fully saturated rings. The van der Waals surface area contributed by atoms with Gasteiger partial charge in [0.15, 0.2) is 0 Å². The highest BCUT2D eigenvalue weighted by Gasteiger charge is 2.29. The first-order chi connectivity index (χ1) is 14.6. The lowest BCUT2D eigenvalue weighted by atomic mass is 9.98. The van der Waals surface area contributed by atoms with Crippen LogP contribution >= 0.6 is 22.6 Å². The largest absolute Gasteiger partial charge is 0.449 e. The average molecular weight is 515 g/mol. The van der Waals surface area contributed by atoms with Crippen LogP contribution in [-0.4, -0.2) is 35.6 Å². The number of hydrogen-bond donors (Lipinski definition) is 3. The maximum absolute atomic E-state index is 12.2. The first kappa shape index (κ1) is 20.8. The number of rotatable bonds is 6. The highest BCUT2D eigenvalue weighted by atomic mass is 127. The van der Waals surface area contributed by atoms with E-state index in [2.05, 4.69) is 52.2 Å². The summed E-state index contributed by atoms with van der Waals surface area (Å²) >= 11 is 2.10. The molecule has 6 heteroatoms. The Bertz CT molecular complexity index is 1010. The quantitative estimate of drug-likeness (QED) is 0.430. The van der Waals surface area contributed by atoms with Crippen molar-refractivity contribution in [2.24, 2.45) is 0 Å². The third-order valence-corrected chi connectivity index (χ3v) is 6.37. The fourth-order valence-electron chi connectivity index (χ4n) is 3.87. The van der Waals surface area contributed by atoms with Crippen molar-refractivity contribution >= 4 is 28.7 Å². The molecule has 1 aliphatic carbocycles. The van der Waals surface area contributed by atoms with Gasteiger partial charge in [0, 0.05) is 16.0 Å². The summed E-state index contributed by atoms with van der Waals surface area (Å²) in [5.74, 6) is -0.0236. The second kappa shape index (κ2) is 9.16. The van der Waals surface area contributed by atoms with Crippen molar-refractivity contribution in [3.63, 3.8) is 0 Å². The number of ether oxygens (including phenoxy) is 1. The SMILES string of the molecule is O=C(NCC(O)C(O)c1ccccc1I)OCC1c2ccccc2-c2ccccc21. The van der Waals surface area contributed by atoms with Crippen molar-refractivity contribution < 1.29 is 19.7 Å². The van der Waals surface area contributed by atoms with Crippen molar-refractivity contribution in [2.75, 3.05) is 13.2 Å². The molecule has 0 saturated carbocycles. The maximum Gasteiger partial charge on any atom is 0.407 e. The van der Waals surface area contributed by atoms with Gasteiger partial charge in [-0.2, -0.15) is 0 Å². The van der Waals surface area contributed by atoms with Crippen LogP contribution in [0.25, 0.3) is 11.1 Å². The summed E-state index contributed by atoms with van der Waals surface area (Å²) in [6.07, 6.45) is -2.85. The standard InChI is InChI=1S/C24H22INO4/c25-21-12-6-5-11-19(21)23(28)22(27)13-26-24(29)30-14-20-17-9-3-1-7-15(17)16-8-2-4-10-18(16)20/h1-12,20,22-23,27-28H,13-14H2,(H,26,29). The number of halogens is 1. The molecular formula is C24H22INO4. The number of amides is 1. The molecule has 1 aliphatic rings. The first-order valence-electron chi connectivity index (χ1n) is 9.75. The van der Waals surface area contributed by atoms with E-state index in [-0.39, 0.29) is 19.1 Å². The number of carbonyl (C=O) groups is 1. The van der Waals surface area contributed by atoms with E-state index in [1.54, 1.807) is 12.1 Å². The molecule has 0 bridgehead atoms. The Morgan fingerprint density at radius 2 is 1.50 bits per heavy atom. The predicted octanol–water partition coefficient (Wildman–Crippen LogP) is 4.22. The van der Waals surface area contributed by atoms with E-state index < -0.39 is 18.3 Å². The molecule has 3 aromatic rings. The molecule has 4 rings (SSSR count). The van der Waals surface area contributed by atoms with E-state index in [0.29, 0.717) is 5.56 Å². The second-order valence-electron chi connectivity index (χ2n) is 7.24. The molecule has 3 N–H and O–H groups in total. The van der Waals surface area contributed by atoms with Crippen LogP contribution in [0.3, 0.4) is 0 Å². The van der Waals surface area contributed by atoms with E-state index in [0.717, 1.165) is 25.8 Å². The molecule has 3 aromatic carbocycles. The highest BCUT2D eigenvalue weighted by Crippen LogP contribution is 2.44. The topological polar surface area (TPSA) is 78.8 Å². The average Bonchev–Trinajstić information content (AvgIpc) is 3.09. The summed E-state index contributed by atoms with van der Waals surface area (Å²) in [7, 11) is 0. The zero-order chi connectivity index (χ0) is 21.1. The number of aliphatic hydroxyl groups is 2. The molecule has 1 amide bonds. The number of carbonyl (C=O) groups excluding carboxylic acids is 1. The Hall–Kier alpha value is -2.42. The number of fused-ring (bicyclic) bond motifs is 3. The minimum absolute atomic E-state index is 0.0236. The highest BCUT2D eigenvalue weighted by molar-refractivity contribution is 14.1. The Balaban J connectivity index is 1.35. The van der Waals surface area contributed by atoms with Gasteiger partial charge in [-0.3, -0.25) is 0 Å². The summed E-state index contributed by atoms with van der Waals surface area (Å²) in [4.78, 5) is 12.2. The zero-order valence-electron chi connectivity index (χ0n) is 16.2. The minimum Gasteiger partial charge on any atom is -0.449 e. The fourth-order valence-corrected chi connectivity index (χ4v) is 4.58. The monoisotopic (exact) mass is 515 g/mol. The van der Waals surface area contributed by atoms with Crippen molar-refractivity contribution in [3.05, 3.63) is 93.1 Å². The van der Waals surface area contributed by atoms with Crippen LogP contribution in [-0.2, 0) is 4.74 Å². The van der Waals surface area contributed by atoms with E-state index in [4.69, 9.17) is 4.74 Å². The van der Waals surface area contributed by atoms with E-state index in [1.807, 2.05) is 36.4 Å². The summed E-state index contributed by atoms with van der Waals surface area (Å²) in [5, 5.41) is 23.2. The van der Waals surface area contributed by atoms with Crippen LogP contribution in [0, 0.1) is 3.57 Å². The number of hydrogen-bond acceptors (Lipinski definition) is 4. The Kier molecular flexibility index (Phi) is 6.36. The van der Waals surface area contributed by atoms with Gasteiger partial charge in [0.2, 0.25) is 0 Å². The summed E-state index contributed by atoms with van der Waals surface area (Å²) in [6, 6.07) is 23.5. The third-order valence-electron chi connectivity index (χ3n) is 5.39. The normalized spacial score (nSPS) is 14.5. The molecule has 0 heterocycles. The van der Waals surface area contributed by atoms with Crippen LogP contribution in [0.15, 0.2) is 72.8 Å². The van der Waals surface area contributed by atoms with Crippen LogP contribution in [0.4, 0.5) is 4.79 Å². The van der Waals surface area contributed by atoms with Gasteiger partial charge in [-0.25, -0.2) is 4.79 Å². The van der Waals surface area contributed by atoms with Crippen molar-refractivity contribution in [2.45, 2.75) is 18.1 Å². The number of nitrogens with one attached hydrogen (secondary N) is 1. The Morgan fingerprint density at radius 1 is 0.933 bits per heavy atom. The van der Waals surface area contributed by atoms with Crippen LogP contribution < -0.4 is 5.32 Å². The number of alkyl carbamates (subject to hydrolysis) is 1. The van der Waals surface area contributed by atoms with E-state index >= 15 is 0 Å². The van der Waals surface area contributed by atoms with Gasteiger partial charge in [-0.05, 0) is 56.5 Å². The molecule has 0 aromatic heterocycles. The van der Waals surface area contributed by atoms with Crippen LogP contribution in [0.5, 0.6) is 0 Å². The molecule has 2 unspecified atom stereocenters. The second-order valence-corrected chi connectivity index (χ2v) is 8.40. The molecule has 0 spiro atoms. The van der Waals surface area contributed by atoms with Crippen molar-refractivity contribution in [1.29, 1.82) is 0 Å². The molecule has 0 radical (unpaired) electrons. The summed E-state index contributed by atoms with van der Waals surface area (Å²) in [6.45, 7) is 0.0951. The number of aliphatic hydroxyl groups excluding tert-OH is 2. The molecule has 30 heavy (non-hydrogen) atoms. The summed E-state index contributed by atoms with van der Waals surface area (Å²) in [5.41, 5.74) is 5.23. The molecular weight excluding hydrogens is 493 g/mol. The molecule has 2 atom stereocenters. The molecule has 154 valence electrons. The molecule has 5 nitrogen and oxygen atoms in total.